The van der Waals surface area contributed by atoms with Gasteiger partial charge in [-0.2, -0.15) is 0 Å². The normalized spacial score (nSPS) is 28.1. The Balaban J connectivity index is 1.78. The number of benzene rings is 2. The van der Waals surface area contributed by atoms with E-state index >= 15 is 0 Å². The molecule has 23 heavy (non-hydrogen) atoms. The topological polar surface area (TPSA) is 17.1 Å². The number of hydrogen-bond donors (Lipinski definition) is 0. The summed E-state index contributed by atoms with van der Waals surface area (Å²) in [6.07, 6.45) is 7.23. The van der Waals surface area contributed by atoms with Gasteiger partial charge in [-0.05, 0) is 47.4 Å². The summed E-state index contributed by atoms with van der Waals surface area (Å²) < 4.78 is 0. The van der Waals surface area contributed by atoms with Gasteiger partial charge in [-0.3, -0.25) is 4.79 Å². The highest BCUT2D eigenvalue weighted by molar-refractivity contribution is 5.88. The van der Waals surface area contributed by atoms with Gasteiger partial charge in [-0.1, -0.05) is 60.2 Å². The van der Waals surface area contributed by atoms with Crippen LogP contribution in [0.15, 0.2) is 60.2 Å². The third-order valence-electron chi connectivity index (χ3n) is 6.16. The first kappa shape index (κ1) is 13.3. The number of fused-ring (bicyclic) bond motifs is 5. The fourth-order valence-corrected chi connectivity index (χ4v) is 5.32. The maximum Gasteiger partial charge on any atom is 0.138 e. The molecular weight excluding hydrogens is 280 g/mol. The largest absolute Gasteiger partial charge is 0.299 e. The molecule has 0 aliphatic heterocycles. The van der Waals surface area contributed by atoms with Crippen molar-refractivity contribution in [3.63, 3.8) is 0 Å². The molecule has 2 unspecified atom stereocenters. The third-order valence-corrected chi connectivity index (χ3v) is 6.16. The Morgan fingerprint density at radius 3 is 2.57 bits per heavy atom. The van der Waals surface area contributed by atoms with Gasteiger partial charge in [-0.15, -0.1) is 0 Å². The van der Waals surface area contributed by atoms with Crippen molar-refractivity contribution in [3.8, 4) is 11.1 Å². The molecule has 5 rings (SSSR count). The van der Waals surface area contributed by atoms with Gasteiger partial charge in [0.25, 0.3) is 0 Å². The van der Waals surface area contributed by atoms with Crippen LogP contribution in [0.4, 0.5) is 0 Å². The number of allylic oxidation sites excluding steroid dienone is 2. The molecule has 0 N–H and O–H groups in total. The van der Waals surface area contributed by atoms with Gasteiger partial charge in [0, 0.05) is 18.3 Å². The molecule has 2 aromatic carbocycles. The Bertz CT molecular complexity index is 830. The summed E-state index contributed by atoms with van der Waals surface area (Å²) >= 11 is 0. The summed E-state index contributed by atoms with van der Waals surface area (Å²) in [5.74, 6) is 1.06. The van der Waals surface area contributed by atoms with E-state index in [1.54, 1.807) is 5.57 Å². The average Bonchev–Trinajstić information content (AvgIpc) is 3.16. The van der Waals surface area contributed by atoms with E-state index in [9.17, 15) is 4.79 Å². The second-order valence-corrected chi connectivity index (χ2v) is 7.43. The molecule has 114 valence electrons. The van der Waals surface area contributed by atoms with E-state index in [1.807, 2.05) is 0 Å². The Kier molecular flexibility index (Phi) is 2.70. The highest BCUT2D eigenvalue weighted by Crippen LogP contribution is 2.59. The Hall–Kier alpha value is -2.15. The molecule has 3 aliphatic carbocycles. The second-order valence-electron chi connectivity index (χ2n) is 7.43. The molecule has 2 atom stereocenters. The molecule has 0 radical (unpaired) electrons. The Morgan fingerprint density at radius 2 is 1.83 bits per heavy atom. The molecule has 0 saturated heterocycles. The third kappa shape index (κ3) is 1.83. The molecule has 3 aliphatic rings. The van der Waals surface area contributed by atoms with Crippen LogP contribution < -0.4 is 0 Å². The zero-order valence-corrected chi connectivity index (χ0v) is 13.2. The maximum absolute atomic E-state index is 12.5. The molecule has 2 aromatic rings. The number of hydrogen-bond acceptors (Lipinski definition) is 1. The van der Waals surface area contributed by atoms with E-state index in [0.29, 0.717) is 18.1 Å². The quantitative estimate of drug-likeness (QED) is 0.688. The summed E-state index contributed by atoms with van der Waals surface area (Å²) in [4.78, 5) is 12.5. The van der Waals surface area contributed by atoms with Gasteiger partial charge in [0.2, 0.25) is 0 Å². The lowest BCUT2D eigenvalue weighted by molar-refractivity contribution is -0.120. The van der Waals surface area contributed by atoms with Crippen molar-refractivity contribution in [2.75, 3.05) is 0 Å². The molecule has 1 nitrogen and oxygen atoms in total. The predicted molar refractivity (Wildman–Crippen MR) is 92.3 cm³/mol. The van der Waals surface area contributed by atoms with Gasteiger partial charge in [0.05, 0.1) is 0 Å². The minimum atomic E-state index is 0.0706. The standard InChI is InChI=1S/C22H20O/c23-19-12-17-7-4-8-20(16-5-2-1-3-6-16)21(17)22(14-19)13-15-9-10-18(22)11-15/h1-9,18H,10-14H2. The lowest BCUT2D eigenvalue weighted by Crippen LogP contribution is -2.39. The SMILES string of the molecule is O=C1Cc2cccc(-c3ccccc3)c2C2(C1)CC1=CCC2C1. The van der Waals surface area contributed by atoms with Crippen LogP contribution in [0.3, 0.4) is 0 Å². The molecule has 1 saturated carbocycles. The lowest BCUT2D eigenvalue weighted by atomic mass is 9.60. The Morgan fingerprint density at radius 1 is 0.957 bits per heavy atom. The van der Waals surface area contributed by atoms with Gasteiger partial charge < -0.3 is 0 Å². The van der Waals surface area contributed by atoms with Crippen LogP contribution in [0.1, 0.15) is 36.8 Å². The Labute approximate surface area is 137 Å². The predicted octanol–water partition coefficient (Wildman–Crippen LogP) is 4.85. The highest BCUT2D eigenvalue weighted by atomic mass is 16.1. The van der Waals surface area contributed by atoms with Crippen LogP contribution in [-0.4, -0.2) is 5.78 Å². The van der Waals surface area contributed by atoms with E-state index in [0.717, 1.165) is 19.3 Å². The maximum atomic E-state index is 12.5. The van der Waals surface area contributed by atoms with Crippen LogP contribution in [0, 0.1) is 5.92 Å². The second kappa shape index (κ2) is 4.67. The van der Waals surface area contributed by atoms with E-state index in [4.69, 9.17) is 0 Å². The number of carbonyl (C=O) groups excluding carboxylic acids is 1. The lowest BCUT2D eigenvalue weighted by Gasteiger charge is -2.42. The summed E-state index contributed by atoms with van der Waals surface area (Å²) in [6, 6.07) is 17.3. The van der Waals surface area contributed by atoms with E-state index < -0.39 is 0 Å². The van der Waals surface area contributed by atoms with Crippen LogP contribution in [0.5, 0.6) is 0 Å². The molecule has 0 amide bonds. The van der Waals surface area contributed by atoms with Crippen molar-refractivity contribution in [3.05, 3.63) is 71.3 Å². The number of carbonyl (C=O) groups is 1. The monoisotopic (exact) mass is 300 g/mol. The first-order valence-corrected chi connectivity index (χ1v) is 8.64. The molecule has 1 spiro atoms. The van der Waals surface area contributed by atoms with Crippen LogP contribution in [0.25, 0.3) is 11.1 Å². The van der Waals surface area contributed by atoms with E-state index in [2.05, 4.69) is 54.6 Å². The van der Waals surface area contributed by atoms with Gasteiger partial charge in [-0.25, -0.2) is 0 Å². The fourth-order valence-electron chi connectivity index (χ4n) is 5.32. The van der Waals surface area contributed by atoms with Crippen LogP contribution >= 0.6 is 0 Å². The molecule has 0 heterocycles. The first-order chi connectivity index (χ1) is 11.3. The highest BCUT2D eigenvalue weighted by Gasteiger charge is 2.52. The van der Waals surface area contributed by atoms with E-state index in [-0.39, 0.29) is 5.41 Å². The number of ketones is 1. The molecule has 2 bridgehead atoms. The van der Waals surface area contributed by atoms with Crippen molar-refractivity contribution < 1.29 is 4.79 Å². The zero-order chi connectivity index (χ0) is 15.4. The van der Waals surface area contributed by atoms with Crippen molar-refractivity contribution in [2.24, 2.45) is 5.92 Å². The smallest absolute Gasteiger partial charge is 0.138 e. The minimum Gasteiger partial charge on any atom is -0.299 e. The van der Waals surface area contributed by atoms with Crippen molar-refractivity contribution in [1.29, 1.82) is 0 Å². The summed E-state index contributed by atoms with van der Waals surface area (Å²) in [6.45, 7) is 0. The van der Waals surface area contributed by atoms with Crippen LogP contribution in [-0.2, 0) is 16.6 Å². The number of rotatable bonds is 1. The van der Waals surface area contributed by atoms with Gasteiger partial charge >= 0.3 is 0 Å². The van der Waals surface area contributed by atoms with Crippen molar-refractivity contribution in [2.45, 2.75) is 37.5 Å². The number of Topliss-reactive ketones (excluding diaryl/α,β-unsaturated/α-hetero) is 1. The first-order valence-electron chi connectivity index (χ1n) is 8.64. The average molecular weight is 300 g/mol. The fraction of sp³-hybridized carbons (Fsp3) is 0.318. The van der Waals surface area contributed by atoms with Crippen LogP contribution in [0.2, 0.25) is 0 Å². The molecule has 1 heteroatoms. The zero-order valence-electron chi connectivity index (χ0n) is 13.2. The molecule has 1 fully saturated rings. The summed E-state index contributed by atoms with van der Waals surface area (Å²) in [5.41, 5.74) is 7.05. The van der Waals surface area contributed by atoms with E-state index in [1.165, 1.54) is 28.7 Å². The summed E-state index contributed by atoms with van der Waals surface area (Å²) in [5, 5.41) is 0. The van der Waals surface area contributed by atoms with Gasteiger partial charge in [0.1, 0.15) is 5.78 Å². The molecular formula is C22H20O. The van der Waals surface area contributed by atoms with Crippen molar-refractivity contribution >= 4 is 5.78 Å². The minimum absolute atomic E-state index is 0.0706. The van der Waals surface area contributed by atoms with Gasteiger partial charge in [0.15, 0.2) is 0 Å². The summed E-state index contributed by atoms with van der Waals surface area (Å²) in [7, 11) is 0. The molecule has 0 aromatic heterocycles. The van der Waals surface area contributed by atoms with Crippen molar-refractivity contribution in [1.82, 2.24) is 0 Å².